The number of aromatic nitrogens is 4. The second kappa shape index (κ2) is 10.7. The van der Waals surface area contributed by atoms with E-state index in [9.17, 15) is 19.3 Å². The minimum atomic E-state index is -4.81. The molecule has 0 unspecified atom stereocenters. The van der Waals surface area contributed by atoms with Crippen molar-refractivity contribution in [3.05, 3.63) is 16.7 Å². The van der Waals surface area contributed by atoms with Crippen LogP contribution in [-0.4, -0.2) is 65.7 Å². The number of H-pyrrole nitrogens is 1. The number of nitrogens with one attached hydrogen (secondary N) is 2. The van der Waals surface area contributed by atoms with Gasteiger partial charge >= 0.3 is 7.82 Å². The Kier molecular flexibility index (Phi) is 8.21. The van der Waals surface area contributed by atoms with Gasteiger partial charge in [-0.05, 0) is 6.42 Å². The minimum Gasteiger partial charge on any atom is -0.388 e. The van der Waals surface area contributed by atoms with Crippen LogP contribution in [0, 0.1) is 5.92 Å². The third-order valence-electron chi connectivity index (χ3n) is 5.43. The van der Waals surface area contributed by atoms with Crippen LogP contribution in [0.4, 0.5) is 5.95 Å². The third-order valence-corrected chi connectivity index (χ3v) is 5.91. The molecule has 1 aliphatic rings. The van der Waals surface area contributed by atoms with Crippen LogP contribution in [0.3, 0.4) is 0 Å². The van der Waals surface area contributed by atoms with Crippen molar-refractivity contribution in [2.24, 2.45) is 5.92 Å². The van der Waals surface area contributed by atoms with Crippen molar-refractivity contribution in [3.63, 3.8) is 0 Å². The molecule has 1 aliphatic heterocycles. The molecule has 1 saturated heterocycles. The molecule has 3 heterocycles. The summed E-state index contributed by atoms with van der Waals surface area (Å²) in [5.74, 6) is -1.36. The second-order valence-electron chi connectivity index (χ2n) is 7.90. The molecule has 1 fully saturated rings. The molecule has 0 radical (unpaired) electrons. The van der Waals surface area contributed by atoms with E-state index in [4.69, 9.17) is 20.3 Å². The summed E-state index contributed by atoms with van der Waals surface area (Å²) in [6.45, 7) is 2.00. The summed E-state index contributed by atoms with van der Waals surface area (Å²) in [6, 6.07) is 0. The molecule has 2 aromatic rings. The number of rotatable bonds is 11. The molecule has 184 valence electrons. The van der Waals surface area contributed by atoms with Crippen molar-refractivity contribution in [2.75, 3.05) is 18.9 Å². The smallest absolute Gasteiger partial charge is 0.388 e. The summed E-state index contributed by atoms with van der Waals surface area (Å²) in [6.07, 6.45) is 1.54. The number of aliphatic hydroxyl groups is 1. The molecular formula is C18H29N6O8P. The van der Waals surface area contributed by atoms with Crippen LogP contribution in [0.5, 0.6) is 0 Å². The van der Waals surface area contributed by atoms with Gasteiger partial charge in [0.2, 0.25) is 11.9 Å². The Morgan fingerprint density at radius 1 is 1.39 bits per heavy atom. The zero-order valence-electron chi connectivity index (χ0n) is 18.1. The Hall–Kier alpha value is -2.35. The lowest BCUT2D eigenvalue weighted by Crippen LogP contribution is -2.35. The molecule has 0 aliphatic carbocycles. The van der Waals surface area contributed by atoms with Gasteiger partial charge < -0.3 is 30.7 Å². The molecule has 2 aromatic heterocycles. The molecule has 15 heteroatoms. The number of ether oxygens (including phenoxy) is 1. The van der Waals surface area contributed by atoms with Gasteiger partial charge in [-0.15, -0.1) is 0 Å². The van der Waals surface area contributed by atoms with E-state index in [-0.39, 0.29) is 29.4 Å². The quantitative estimate of drug-likeness (QED) is 0.179. The van der Waals surface area contributed by atoms with E-state index in [1.165, 1.54) is 10.9 Å². The molecule has 14 nitrogen and oxygen atoms in total. The number of nitrogens with two attached hydrogens (primary N) is 1. The van der Waals surface area contributed by atoms with E-state index in [0.717, 1.165) is 25.7 Å². The van der Waals surface area contributed by atoms with Crippen LogP contribution < -0.4 is 16.6 Å². The van der Waals surface area contributed by atoms with Gasteiger partial charge in [-0.25, -0.2) is 9.55 Å². The van der Waals surface area contributed by atoms with E-state index in [0.29, 0.717) is 6.54 Å². The summed E-state index contributed by atoms with van der Waals surface area (Å²) in [5.41, 5.74) is 5.05. The number of unbranched alkanes of at least 4 members (excludes halogenated alkanes) is 3. The lowest BCUT2D eigenvalue weighted by molar-refractivity contribution is -0.123. The van der Waals surface area contributed by atoms with Crippen molar-refractivity contribution in [1.82, 2.24) is 24.8 Å². The first kappa shape index (κ1) is 25.3. The van der Waals surface area contributed by atoms with Gasteiger partial charge in [-0.1, -0.05) is 26.2 Å². The molecular weight excluding hydrogens is 459 g/mol. The number of phosphoric ester groups is 1. The maximum absolute atomic E-state index is 12.5. The number of carbonyl (C=O) groups excluding carboxylic acids is 1. The van der Waals surface area contributed by atoms with E-state index in [2.05, 4.69) is 31.7 Å². The number of aromatic amines is 1. The average molecular weight is 488 g/mol. The number of hydrogen-bond donors (Lipinski definition) is 6. The number of nitrogens with zero attached hydrogens (tertiary/aromatic N) is 3. The zero-order chi connectivity index (χ0) is 24.2. The van der Waals surface area contributed by atoms with E-state index >= 15 is 0 Å². The predicted octanol–water partition coefficient (Wildman–Crippen LogP) is -0.228. The number of nitrogen functional groups attached to an aromatic ring is 1. The topological polar surface area (TPSA) is 215 Å². The fourth-order valence-electron chi connectivity index (χ4n) is 3.80. The first-order valence-electron chi connectivity index (χ1n) is 10.6. The number of hydrogen-bond acceptors (Lipinski definition) is 9. The Labute approximate surface area is 188 Å². The standard InChI is InChI=1S/C18H29N6O8P/c1-2-3-4-5-6-20-12(25)7-10-11(8-31-33(28,29)30)32-17(14(10)26)24-9-21-13-15(24)22-18(19)23-16(13)27/h9-11,14,17,26H,2-8H2,1H3,(H,20,25)(H2,28,29,30)(H3,19,22,23,27)/t10-,11-,14-,17-/m1/s1. The maximum atomic E-state index is 12.5. The number of imidazole rings is 1. The van der Waals surface area contributed by atoms with Crippen LogP contribution >= 0.6 is 7.82 Å². The number of anilines is 1. The van der Waals surface area contributed by atoms with Crippen molar-refractivity contribution >= 4 is 30.8 Å². The number of carbonyl (C=O) groups is 1. The van der Waals surface area contributed by atoms with Crippen molar-refractivity contribution in [1.29, 1.82) is 0 Å². The van der Waals surface area contributed by atoms with Crippen LogP contribution in [-0.2, 0) is 18.6 Å². The molecule has 4 atom stereocenters. The fraction of sp³-hybridized carbons (Fsp3) is 0.667. The molecule has 1 amide bonds. The molecule has 0 aromatic carbocycles. The first-order chi connectivity index (χ1) is 15.6. The number of phosphoric acid groups is 1. The van der Waals surface area contributed by atoms with Gasteiger partial charge in [-0.2, -0.15) is 4.98 Å². The summed E-state index contributed by atoms with van der Waals surface area (Å²) in [5, 5.41) is 13.7. The van der Waals surface area contributed by atoms with Crippen molar-refractivity contribution in [3.8, 4) is 0 Å². The number of aliphatic hydroxyl groups excluding tert-OH is 1. The first-order valence-corrected chi connectivity index (χ1v) is 12.2. The predicted molar refractivity (Wildman–Crippen MR) is 116 cm³/mol. The minimum absolute atomic E-state index is 0.0312. The fourth-order valence-corrected chi connectivity index (χ4v) is 4.14. The molecule has 3 rings (SSSR count). The van der Waals surface area contributed by atoms with Gasteiger partial charge in [0.05, 0.1) is 19.0 Å². The van der Waals surface area contributed by atoms with Crippen LogP contribution in [0.25, 0.3) is 11.2 Å². The van der Waals surface area contributed by atoms with Gasteiger partial charge in [0.1, 0.15) is 6.10 Å². The highest BCUT2D eigenvalue weighted by atomic mass is 31.2. The van der Waals surface area contributed by atoms with Crippen LogP contribution in [0.1, 0.15) is 45.3 Å². The van der Waals surface area contributed by atoms with E-state index in [1.54, 1.807) is 0 Å². The molecule has 0 bridgehead atoms. The molecule has 33 heavy (non-hydrogen) atoms. The van der Waals surface area contributed by atoms with Crippen LogP contribution in [0.2, 0.25) is 0 Å². The van der Waals surface area contributed by atoms with E-state index < -0.39 is 44.3 Å². The lowest BCUT2D eigenvalue weighted by atomic mass is 9.94. The van der Waals surface area contributed by atoms with Crippen molar-refractivity contribution < 1.29 is 33.5 Å². The van der Waals surface area contributed by atoms with E-state index in [1.807, 2.05) is 0 Å². The zero-order valence-corrected chi connectivity index (χ0v) is 19.0. The highest BCUT2D eigenvalue weighted by Crippen LogP contribution is 2.41. The molecule has 0 saturated carbocycles. The van der Waals surface area contributed by atoms with Gasteiger partial charge in [0, 0.05) is 18.9 Å². The summed E-state index contributed by atoms with van der Waals surface area (Å²) >= 11 is 0. The number of fused-ring (bicyclic) bond motifs is 1. The summed E-state index contributed by atoms with van der Waals surface area (Å²) < 4.78 is 22.9. The van der Waals surface area contributed by atoms with Crippen LogP contribution in [0.15, 0.2) is 11.1 Å². The number of amides is 1. The van der Waals surface area contributed by atoms with Crippen molar-refractivity contribution in [2.45, 2.75) is 57.5 Å². The Morgan fingerprint density at radius 3 is 2.85 bits per heavy atom. The molecule has 0 spiro atoms. The second-order valence-corrected chi connectivity index (χ2v) is 9.14. The van der Waals surface area contributed by atoms with Gasteiger partial charge in [0.15, 0.2) is 17.4 Å². The monoisotopic (exact) mass is 488 g/mol. The normalized spacial score (nSPS) is 23.3. The maximum Gasteiger partial charge on any atom is 0.469 e. The third kappa shape index (κ3) is 6.37. The Morgan fingerprint density at radius 2 is 2.15 bits per heavy atom. The van der Waals surface area contributed by atoms with Gasteiger partial charge in [-0.3, -0.25) is 23.7 Å². The largest absolute Gasteiger partial charge is 0.469 e. The highest BCUT2D eigenvalue weighted by molar-refractivity contribution is 7.46. The SMILES string of the molecule is CCCCCCNC(=O)C[C@H]1[C@@H](O)[C@H](n2cnc3c(=O)[nH]c(N)nc32)O[C@@H]1COP(=O)(O)O. The highest BCUT2D eigenvalue weighted by Gasteiger charge is 2.46. The lowest BCUT2D eigenvalue weighted by Gasteiger charge is -2.20. The molecule has 7 N–H and O–H groups in total. The average Bonchev–Trinajstić information content (AvgIpc) is 3.27. The Balaban J connectivity index is 1.78. The Bertz CT molecular complexity index is 1070. The summed E-state index contributed by atoms with van der Waals surface area (Å²) in [4.78, 5) is 53.0. The summed E-state index contributed by atoms with van der Waals surface area (Å²) in [7, 11) is -4.81. The van der Waals surface area contributed by atoms with Gasteiger partial charge in [0.25, 0.3) is 5.56 Å².